The molecule has 0 atom stereocenters. The SMILES string of the molecule is Cc1cc(F)cc(-c2cccc(C(=O)O)c2C)c1. The summed E-state index contributed by atoms with van der Waals surface area (Å²) in [5.74, 6) is -1.28. The Labute approximate surface area is 105 Å². The molecule has 0 radical (unpaired) electrons. The Kier molecular flexibility index (Phi) is 3.15. The van der Waals surface area contributed by atoms with E-state index in [0.717, 1.165) is 11.1 Å². The van der Waals surface area contributed by atoms with Gasteiger partial charge in [-0.05, 0) is 54.3 Å². The van der Waals surface area contributed by atoms with Gasteiger partial charge < -0.3 is 5.11 Å². The molecule has 92 valence electrons. The van der Waals surface area contributed by atoms with Gasteiger partial charge in [0.25, 0.3) is 0 Å². The third-order valence-electron chi connectivity index (χ3n) is 2.92. The van der Waals surface area contributed by atoms with Crippen LogP contribution in [0.2, 0.25) is 0 Å². The molecule has 0 aliphatic carbocycles. The van der Waals surface area contributed by atoms with Crippen molar-refractivity contribution in [2.45, 2.75) is 13.8 Å². The molecule has 0 spiro atoms. The first-order valence-electron chi connectivity index (χ1n) is 5.59. The van der Waals surface area contributed by atoms with Crippen LogP contribution in [0.4, 0.5) is 4.39 Å². The second kappa shape index (κ2) is 4.61. The Bertz CT molecular complexity index is 598. The summed E-state index contributed by atoms with van der Waals surface area (Å²) < 4.78 is 13.4. The summed E-state index contributed by atoms with van der Waals surface area (Å²) >= 11 is 0. The van der Waals surface area contributed by atoms with Gasteiger partial charge in [-0.3, -0.25) is 0 Å². The van der Waals surface area contributed by atoms with E-state index in [-0.39, 0.29) is 11.4 Å². The van der Waals surface area contributed by atoms with Crippen LogP contribution in [-0.4, -0.2) is 11.1 Å². The predicted octanol–water partition coefficient (Wildman–Crippen LogP) is 3.81. The number of carboxylic acid groups (broad SMARTS) is 1. The van der Waals surface area contributed by atoms with Gasteiger partial charge in [-0.1, -0.05) is 18.2 Å². The first kappa shape index (κ1) is 12.3. The van der Waals surface area contributed by atoms with E-state index in [1.165, 1.54) is 12.1 Å². The van der Waals surface area contributed by atoms with Crippen molar-refractivity contribution in [2.24, 2.45) is 0 Å². The van der Waals surface area contributed by atoms with Gasteiger partial charge in [0.15, 0.2) is 0 Å². The molecule has 0 heterocycles. The second-order valence-corrected chi connectivity index (χ2v) is 4.30. The first-order chi connectivity index (χ1) is 8.49. The summed E-state index contributed by atoms with van der Waals surface area (Å²) in [6.45, 7) is 3.54. The lowest BCUT2D eigenvalue weighted by Crippen LogP contribution is -2.00. The Balaban J connectivity index is 2.64. The number of aromatic carboxylic acids is 1. The lowest BCUT2D eigenvalue weighted by Gasteiger charge is -2.09. The molecule has 2 nitrogen and oxygen atoms in total. The quantitative estimate of drug-likeness (QED) is 0.872. The molecule has 2 aromatic rings. The van der Waals surface area contributed by atoms with Crippen LogP contribution in [0.5, 0.6) is 0 Å². The summed E-state index contributed by atoms with van der Waals surface area (Å²) in [4.78, 5) is 11.1. The van der Waals surface area contributed by atoms with E-state index >= 15 is 0 Å². The van der Waals surface area contributed by atoms with Crippen LogP contribution >= 0.6 is 0 Å². The minimum Gasteiger partial charge on any atom is -0.478 e. The van der Waals surface area contributed by atoms with Gasteiger partial charge in [0.05, 0.1) is 5.56 Å². The maximum absolute atomic E-state index is 13.4. The van der Waals surface area contributed by atoms with Crippen LogP contribution in [-0.2, 0) is 0 Å². The zero-order valence-electron chi connectivity index (χ0n) is 10.2. The summed E-state index contributed by atoms with van der Waals surface area (Å²) in [7, 11) is 0. The largest absolute Gasteiger partial charge is 0.478 e. The first-order valence-corrected chi connectivity index (χ1v) is 5.59. The number of carboxylic acids is 1. The summed E-state index contributed by atoms with van der Waals surface area (Å²) in [6, 6.07) is 9.73. The van der Waals surface area contributed by atoms with E-state index in [0.29, 0.717) is 11.1 Å². The molecule has 2 aromatic carbocycles. The van der Waals surface area contributed by atoms with Crippen LogP contribution in [0, 0.1) is 19.7 Å². The van der Waals surface area contributed by atoms with E-state index in [2.05, 4.69) is 0 Å². The van der Waals surface area contributed by atoms with Crippen LogP contribution in [0.25, 0.3) is 11.1 Å². The molecule has 0 saturated heterocycles. The lowest BCUT2D eigenvalue weighted by atomic mass is 9.95. The molecule has 0 amide bonds. The number of benzene rings is 2. The summed E-state index contributed by atoms with van der Waals surface area (Å²) in [6.07, 6.45) is 0. The Hall–Kier alpha value is -2.16. The number of hydrogen-bond acceptors (Lipinski definition) is 1. The molecule has 0 aliphatic rings. The van der Waals surface area contributed by atoms with E-state index in [1.54, 1.807) is 25.1 Å². The van der Waals surface area contributed by atoms with Crippen molar-refractivity contribution in [3.05, 3.63) is 58.9 Å². The molecule has 0 unspecified atom stereocenters. The smallest absolute Gasteiger partial charge is 0.335 e. The molecule has 3 heteroatoms. The molecular formula is C15H13FO2. The van der Waals surface area contributed by atoms with Gasteiger partial charge in [0.1, 0.15) is 5.82 Å². The molecule has 0 saturated carbocycles. The molecular weight excluding hydrogens is 231 g/mol. The molecule has 2 rings (SSSR count). The molecule has 0 aromatic heterocycles. The van der Waals surface area contributed by atoms with Crippen molar-refractivity contribution in [2.75, 3.05) is 0 Å². The molecule has 0 bridgehead atoms. The van der Waals surface area contributed by atoms with Crippen LogP contribution in [0.1, 0.15) is 21.5 Å². The maximum atomic E-state index is 13.4. The summed E-state index contributed by atoms with van der Waals surface area (Å²) in [5.41, 5.74) is 3.15. The third-order valence-corrected chi connectivity index (χ3v) is 2.92. The highest BCUT2D eigenvalue weighted by molar-refractivity contribution is 5.92. The van der Waals surface area contributed by atoms with Gasteiger partial charge >= 0.3 is 5.97 Å². The van der Waals surface area contributed by atoms with Gasteiger partial charge in [-0.15, -0.1) is 0 Å². The zero-order valence-corrected chi connectivity index (χ0v) is 10.2. The normalized spacial score (nSPS) is 10.4. The highest BCUT2D eigenvalue weighted by Gasteiger charge is 2.11. The van der Waals surface area contributed by atoms with Gasteiger partial charge in [0.2, 0.25) is 0 Å². The minimum absolute atomic E-state index is 0.245. The highest BCUT2D eigenvalue weighted by Crippen LogP contribution is 2.27. The number of aryl methyl sites for hydroxylation is 1. The Morgan fingerprint density at radius 2 is 1.89 bits per heavy atom. The Morgan fingerprint density at radius 3 is 2.50 bits per heavy atom. The molecule has 1 N–H and O–H groups in total. The van der Waals surface area contributed by atoms with Crippen molar-refractivity contribution >= 4 is 5.97 Å². The fourth-order valence-electron chi connectivity index (χ4n) is 2.07. The lowest BCUT2D eigenvalue weighted by molar-refractivity contribution is 0.0696. The Morgan fingerprint density at radius 1 is 1.17 bits per heavy atom. The molecule has 0 fully saturated rings. The van der Waals surface area contributed by atoms with Crippen molar-refractivity contribution in [3.8, 4) is 11.1 Å². The average molecular weight is 244 g/mol. The molecule has 0 aliphatic heterocycles. The maximum Gasteiger partial charge on any atom is 0.335 e. The van der Waals surface area contributed by atoms with E-state index in [4.69, 9.17) is 5.11 Å². The fraction of sp³-hybridized carbons (Fsp3) is 0.133. The van der Waals surface area contributed by atoms with Crippen LogP contribution in [0.15, 0.2) is 36.4 Å². The van der Waals surface area contributed by atoms with E-state index in [9.17, 15) is 9.18 Å². The van der Waals surface area contributed by atoms with Gasteiger partial charge in [-0.25, -0.2) is 9.18 Å². The minimum atomic E-state index is -0.970. The van der Waals surface area contributed by atoms with Gasteiger partial charge in [0, 0.05) is 0 Å². The van der Waals surface area contributed by atoms with Crippen molar-refractivity contribution < 1.29 is 14.3 Å². The van der Waals surface area contributed by atoms with Crippen molar-refractivity contribution in [3.63, 3.8) is 0 Å². The van der Waals surface area contributed by atoms with E-state index < -0.39 is 5.97 Å². The van der Waals surface area contributed by atoms with Crippen LogP contribution < -0.4 is 0 Å². The number of halogens is 1. The zero-order chi connectivity index (χ0) is 13.3. The number of hydrogen-bond donors (Lipinski definition) is 1. The number of rotatable bonds is 2. The number of carbonyl (C=O) groups is 1. The standard InChI is InChI=1S/C15H13FO2/c1-9-6-11(8-12(16)7-9)13-4-3-5-14(10(13)2)15(17)18/h3-8H,1-2H3,(H,17,18). The summed E-state index contributed by atoms with van der Waals surface area (Å²) in [5, 5.41) is 9.07. The topological polar surface area (TPSA) is 37.3 Å². The fourth-order valence-corrected chi connectivity index (χ4v) is 2.07. The highest BCUT2D eigenvalue weighted by atomic mass is 19.1. The average Bonchev–Trinajstić information content (AvgIpc) is 2.27. The van der Waals surface area contributed by atoms with Gasteiger partial charge in [-0.2, -0.15) is 0 Å². The monoisotopic (exact) mass is 244 g/mol. The van der Waals surface area contributed by atoms with Crippen LogP contribution in [0.3, 0.4) is 0 Å². The molecule has 18 heavy (non-hydrogen) atoms. The predicted molar refractivity (Wildman–Crippen MR) is 68.3 cm³/mol. The third kappa shape index (κ3) is 2.25. The second-order valence-electron chi connectivity index (χ2n) is 4.30. The van der Waals surface area contributed by atoms with Crippen molar-refractivity contribution in [1.29, 1.82) is 0 Å². The van der Waals surface area contributed by atoms with Crippen molar-refractivity contribution in [1.82, 2.24) is 0 Å². The van der Waals surface area contributed by atoms with E-state index in [1.807, 2.05) is 13.0 Å².